The molecule has 0 bridgehead atoms. The molecule has 0 saturated heterocycles. The molecule has 0 aliphatic carbocycles. The Bertz CT molecular complexity index is 1310. The molecule has 2 aromatic carbocycles. The van der Waals surface area contributed by atoms with Crippen LogP contribution in [0.2, 0.25) is 0 Å². The second-order valence-electron chi connectivity index (χ2n) is 6.40. The van der Waals surface area contributed by atoms with Crippen molar-refractivity contribution in [3.63, 3.8) is 0 Å². The van der Waals surface area contributed by atoms with Crippen LogP contribution in [0.1, 0.15) is 0 Å². The highest BCUT2D eigenvalue weighted by Crippen LogP contribution is 2.23. The predicted molar refractivity (Wildman–Crippen MR) is 123 cm³/mol. The zero-order chi connectivity index (χ0) is 21.8. The fraction of sp³-hybridized carbons (Fsp3) is 0.150. The summed E-state index contributed by atoms with van der Waals surface area (Å²) < 4.78 is 40.6. The number of methoxy groups -OCH3 is 1. The minimum atomic E-state index is -3.60. The van der Waals surface area contributed by atoms with E-state index in [0.717, 1.165) is 9.13 Å². The van der Waals surface area contributed by atoms with E-state index in [9.17, 15) is 8.42 Å². The van der Waals surface area contributed by atoms with Gasteiger partial charge in [-0.15, -0.1) is 15.3 Å². The number of benzene rings is 2. The van der Waals surface area contributed by atoms with E-state index in [1.54, 1.807) is 48.0 Å². The summed E-state index contributed by atoms with van der Waals surface area (Å²) in [6.07, 6.45) is 0. The van der Waals surface area contributed by atoms with Gasteiger partial charge in [-0.25, -0.2) is 13.1 Å². The zero-order valence-electron chi connectivity index (χ0n) is 16.4. The van der Waals surface area contributed by atoms with Crippen LogP contribution in [-0.4, -0.2) is 48.5 Å². The van der Waals surface area contributed by atoms with Gasteiger partial charge in [0, 0.05) is 21.7 Å². The maximum absolute atomic E-state index is 12.3. The minimum absolute atomic E-state index is 0.0962. The third-order valence-corrected chi connectivity index (χ3v) is 6.53. The van der Waals surface area contributed by atoms with Gasteiger partial charge >= 0.3 is 0 Å². The molecule has 4 aromatic rings. The van der Waals surface area contributed by atoms with Crippen LogP contribution in [0.25, 0.3) is 17.0 Å². The van der Waals surface area contributed by atoms with Gasteiger partial charge in [0.1, 0.15) is 12.4 Å². The van der Waals surface area contributed by atoms with Gasteiger partial charge in [-0.1, -0.05) is 12.1 Å². The topological polar surface area (TPSA) is 108 Å². The molecule has 0 spiro atoms. The second kappa shape index (κ2) is 9.16. The molecule has 160 valence electrons. The summed E-state index contributed by atoms with van der Waals surface area (Å²) in [5.74, 6) is 1.56. The molecule has 0 unspecified atom stereocenters. The quantitative estimate of drug-likeness (QED) is 0.265. The molecule has 0 amide bonds. The van der Waals surface area contributed by atoms with Crippen LogP contribution in [0.3, 0.4) is 0 Å². The molecule has 9 nitrogen and oxygen atoms in total. The lowest BCUT2D eigenvalue weighted by Crippen LogP contribution is -2.28. The fourth-order valence-electron chi connectivity index (χ4n) is 2.82. The van der Waals surface area contributed by atoms with Crippen molar-refractivity contribution in [2.45, 2.75) is 4.90 Å². The second-order valence-corrected chi connectivity index (χ2v) is 9.41. The van der Waals surface area contributed by atoms with Crippen LogP contribution in [0.5, 0.6) is 11.6 Å². The van der Waals surface area contributed by atoms with Crippen molar-refractivity contribution in [3.8, 4) is 23.0 Å². The van der Waals surface area contributed by atoms with Gasteiger partial charge in [-0.2, -0.15) is 4.52 Å². The SMILES string of the molecule is COc1cccc(-c2nnc3ccc(OCCNS(=O)(=O)c4ccc(I)cc4)nn23)c1. The molecule has 0 aliphatic rings. The van der Waals surface area contributed by atoms with E-state index in [2.05, 4.69) is 42.6 Å². The van der Waals surface area contributed by atoms with Crippen molar-refractivity contribution in [1.82, 2.24) is 24.5 Å². The number of nitrogens with one attached hydrogen (secondary N) is 1. The third kappa shape index (κ3) is 4.94. The average Bonchev–Trinajstić information content (AvgIpc) is 3.20. The molecule has 0 atom stereocenters. The lowest BCUT2D eigenvalue weighted by molar-refractivity contribution is 0.306. The Morgan fingerprint density at radius 1 is 1.06 bits per heavy atom. The Labute approximate surface area is 192 Å². The lowest BCUT2D eigenvalue weighted by Gasteiger charge is -2.09. The van der Waals surface area contributed by atoms with Gasteiger partial charge in [-0.05, 0) is 65.1 Å². The Hall–Kier alpha value is -2.77. The molecule has 4 rings (SSSR count). The highest BCUT2D eigenvalue weighted by molar-refractivity contribution is 14.1. The summed E-state index contributed by atoms with van der Waals surface area (Å²) in [7, 11) is -2.00. The van der Waals surface area contributed by atoms with Crippen LogP contribution in [0, 0.1) is 3.57 Å². The molecule has 2 heterocycles. The first-order valence-electron chi connectivity index (χ1n) is 9.21. The molecular formula is C20H18IN5O4S. The Kier molecular flexibility index (Phi) is 6.34. The van der Waals surface area contributed by atoms with Crippen LogP contribution in [0.4, 0.5) is 0 Å². The Morgan fingerprint density at radius 3 is 2.65 bits per heavy atom. The highest BCUT2D eigenvalue weighted by Gasteiger charge is 2.14. The number of fused-ring (bicyclic) bond motifs is 1. The molecule has 1 N–H and O–H groups in total. The first kappa shape index (κ1) is 21.5. The predicted octanol–water partition coefficient (Wildman–Crippen LogP) is 2.76. The van der Waals surface area contributed by atoms with Crippen molar-refractivity contribution in [2.24, 2.45) is 0 Å². The maximum atomic E-state index is 12.3. The van der Waals surface area contributed by atoms with E-state index in [0.29, 0.717) is 23.1 Å². The molecule has 31 heavy (non-hydrogen) atoms. The summed E-state index contributed by atoms with van der Waals surface area (Å²) in [5.41, 5.74) is 1.35. The van der Waals surface area contributed by atoms with Crippen molar-refractivity contribution < 1.29 is 17.9 Å². The lowest BCUT2D eigenvalue weighted by atomic mass is 10.2. The normalized spacial score (nSPS) is 11.5. The highest BCUT2D eigenvalue weighted by atomic mass is 127. The Morgan fingerprint density at radius 2 is 1.87 bits per heavy atom. The summed E-state index contributed by atoms with van der Waals surface area (Å²) >= 11 is 2.12. The summed E-state index contributed by atoms with van der Waals surface area (Å²) in [6.45, 7) is 0.206. The van der Waals surface area contributed by atoms with Gasteiger partial charge < -0.3 is 9.47 Å². The van der Waals surface area contributed by atoms with E-state index < -0.39 is 10.0 Å². The number of hydrogen-bond donors (Lipinski definition) is 1. The first-order valence-corrected chi connectivity index (χ1v) is 11.8. The molecule has 0 aliphatic heterocycles. The zero-order valence-corrected chi connectivity index (χ0v) is 19.4. The number of ether oxygens (including phenoxy) is 2. The van der Waals surface area contributed by atoms with Gasteiger partial charge in [-0.3, -0.25) is 0 Å². The number of nitrogens with zero attached hydrogens (tertiary/aromatic N) is 4. The largest absolute Gasteiger partial charge is 0.497 e. The van der Waals surface area contributed by atoms with Crippen molar-refractivity contribution in [2.75, 3.05) is 20.3 Å². The molecule has 0 radical (unpaired) electrons. The number of hydrogen-bond acceptors (Lipinski definition) is 7. The van der Waals surface area contributed by atoms with Crippen LogP contribution in [-0.2, 0) is 10.0 Å². The van der Waals surface area contributed by atoms with E-state index in [1.807, 2.05) is 24.3 Å². The van der Waals surface area contributed by atoms with E-state index >= 15 is 0 Å². The van der Waals surface area contributed by atoms with Gasteiger partial charge in [0.05, 0.1) is 12.0 Å². The maximum Gasteiger partial charge on any atom is 0.240 e. The van der Waals surface area contributed by atoms with Crippen molar-refractivity contribution >= 4 is 38.3 Å². The van der Waals surface area contributed by atoms with Crippen LogP contribution >= 0.6 is 22.6 Å². The Balaban J connectivity index is 1.44. The minimum Gasteiger partial charge on any atom is -0.497 e. The number of aromatic nitrogens is 4. The first-order chi connectivity index (χ1) is 15.0. The monoisotopic (exact) mass is 551 g/mol. The van der Waals surface area contributed by atoms with Crippen molar-refractivity contribution in [1.29, 1.82) is 0 Å². The van der Waals surface area contributed by atoms with E-state index in [-0.39, 0.29) is 18.0 Å². The number of rotatable bonds is 8. The smallest absolute Gasteiger partial charge is 0.240 e. The summed E-state index contributed by atoms with van der Waals surface area (Å²) in [5, 5.41) is 12.7. The fourth-order valence-corrected chi connectivity index (χ4v) is 4.19. The van der Waals surface area contributed by atoms with E-state index in [4.69, 9.17) is 9.47 Å². The van der Waals surface area contributed by atoms with Crippen molar-refractivity contribution in [3.05, 3.63) is 64.2 Å². The van der Waals surface area contributed by atoms with Gasteiger partial charge in [0.25, 0.3) is 0 Å². The molecule has 11 heteroatoms. The van der Waals surface area contributed by atoms with E-state index in [1.165, 1.54) is 0 Å². The van der Waals surface area contributed by atoms with Crippen LogP contribution < -0.4 is 14.2 Å². The molecule has 2 aromatic heterocycles. The molecule has 0 fully saturated rings. The van der Waals surface area contributed by atoms with Gasteiger partial charge in [0.2, 0.25) is 15.9 Å². The summed E-state index contributed by atoms with van der Waals surface area (Å²) in [4.78, 5) is 0.208. The van der Waals surface area contributed by atoms with Gasteiger partial charge in [0.15, 0.2) is 11.5 Å². The summed E-state index contributed by atoms with van der Waals surface area (Å²) in [6, 6.07) is 17.4. The molecule has 0 saturated carbocycles. The van der Waals surface area contributed by atoms with Crippen LogP contribution in [0.15, 0.2) is 65.6 Å². The average molecular weight is 551 g/mol. The third-order valence-electron chi connectivity index (χ3n) is 4.33. The number of sulfonamides is 1. The molecular weight excluding hydrogens is 533 g/mol. The standard InChI is InChI=1S/C20H18IN5O4S/c1-29-16-4-2-3-14(13-16)20-24-23-18-9-10-19(25-26(18)20)30-12-11-22-31(27,28)17-7-5-15(21)6-8-17/h2-10,13,22H,11-12H2,1H3. The number of halogens is 1.